The van der Waals surface area contributed by atoms with Crippen molar-refractivity contribution in [1.82, 2.24) is 4.90 Å². The van der Waals surface area contributed by atoms with E-state index in [1.54, 1.807) is 38.5 Å². The van der Waals surface area contributed by atoms with Crippen molar-refractivity contribution < 1.29 is 0 Å². The zero-order chi connectivity index (χ0) is 19.6. The lowest BCUT2D eigenvalue weighted by Gasteiger charge is -2.43. The van der Waals surface area contributed by atoms with E-state index in [-0.39, 0.29) is 0 Å². The van der Waals surface area contributed by atoms with Crippen LogP contribution in [0.25, 0.3) is 0 Å². The molecule has 0 spiro atoms. The number of hydrogen-bond acceptors (Lipinski definition) is 1. The third kappa shape index (κ3) is 7.03. The number of rotatable bonds is 10. The summed E-state index contributed by atoms with van der Waals surface area (Å²) in [6.45, 7) is 7.49. The fourth-order valence-corrected chi connectivity index (χ4v) is 6.86. The molecule has 0 aromatic heterocycles. The summed E-state index contributed by atoms with van der Waals surface area (Å²) in [5.74, 6) is 4.30. The van der Waals surface area contributed by atoms with Crippen molar-refractivity contribution in [3.8, 4) is 0 Å². The van der Waals surface area contributed by atoms with Gasteiger partial charge >= 0.3 is 0 Å². The van der Waals surface area contributed by atoms with E-state index in [2.05, 4.69) is 18.7 Å². The summed E-state index contributed by atoms with van der Waals surface area (Å²) >= 11 is 0. The second-order valence-corrected chi connectivity index (χ2v) is 10.8. The number of likely N-dealkylation sites (tertiary alicyclic amines) is 1. The Morgan fingerprint density at radius 3 is 1.50 bits per heavy atom. The van der Waals surface area contributed by atoms with Crippen molar-refractivity contribution in [2.24, 2.45) is 23.7 Å². The first kappa shape index (κ1) is 22.6. The van der Waals surface area contributed by atoms with Crippen molar-refractivity contribution in [2.75, 3.05) is 13.1 Å². The minimum atomic E-state index is 0.943. The molecule has 28 heavy (non-hydrogen) atoms. The molecule has 0 atom stereocenters. The van der Waals surface area contributed by atoms with Gasteiger partial charge in [0.1, 0.15) is 0 Å². The third-order valence-corrected chi connectivity index (χ3v) is 8.90. The quantitative estimate of drug-likeness (QED) is 0.340. The van der Waals surface area contributed by atoms with Crippen molar-refractivity contribution >= 4 is 0 Å². The molecule has 1 nitrogen and oxygen atoms in total. The van der Waals surface area contributed by atoms with Crippen molar-refractivity contribution in [3.05, 3.63) is 0 Å². The normalized spacial score (nSPS) is 33.2. The van der Waals surface area contributed by atoms with Gasteiger partial charge in [-0.15, -0.1) is 0 Å². The van der Waals surface area contributed by atoms with E-state index in [1.807, 2.05) is 0 Å². The number of nitrogens with zero attached hydrogens (tertiary/aromatic N) is 1. The molecule has 0 aromatic rings. The van der Waals surface area contributed by atoms with E-state index in [0.717, 1.165) is 29.7 Å². The molecule has 0 amide bonds. The predicted molar refractivity (Wildman–Crippen MR) is 124 cm³/mol. The maximum atomic E-state index is 2.90. The van der Waals surface area contributed by atoms with Gasteiger partial charge in [-0.3, -0.25) is 0 Å². The molecular formula is C27H51N. The average Bonchev–Trinajstić information content (AvgIpc) is 2.75. The predicted octanol–water partition coefficient (Wildman–Crippen LogP) is 8.22. The second kappa shape index (κ2) is 12.6. The number of piperidine rings is 1. The van der Waals surface area contributed by atoms with Crippen molar-refractivity contribution in [1.29, 1.82) is 0 Å². The molecule has 0 aromatic carbocycles. The first-order valence-corrected chi connectivity index (χ1v) is 13.5. The smallest absolute Gasteiger partial charge is 0.00954 e. The Morgan fingerprint density at radius 1 is 0.536 bits per heavy atom. The molecular weight excluding hydrogens is 338 g/mol. The molecule has 1 heterocycles. The maximum absolute atomic E-state index is 2.90. The molecule has 1 aliphatic heterocycles. The molecule has 164 valence electrons. The topological polar surface area (TPSA) is 3.24 Å². The van der Waals surface area contributed by atoms with Crippen LogP contribution in [0.4, 0.5) is 0 Å². The summed E-state index contributed by atoms with van der Waals surface area (Å²) in [5, 5.41) is 0. The van der Waals surface area contributed by atoms with Crippen LogP contribution in [0.15, 0.2) is 0 Å². The van der Waals surface area contributed by atoms with E-state index < -0.39 is 0 Å². The Bertz CT molecular complexity index is 343. The average molecular weight is 390 g/mol. The van der Waals surface area contributed by atoms with Crippen LogP contribution < -0.4 is 0 Å². The molecule has 3 rings (SSSR count). The third-order valence-electron chi connectivity index (χ3n) is 8.90. The van der Waals surface area contributed by atoms with E-state index in [0.29, 0.717) is 0 Å². The van der Waals surface area contributed by atoms with Crippen LogP contribution >= 0.6 is 0 Å². The van der Waals surface area contributed by atoms with Crippen molar-refractivity contribution in [2.45, 2.75) is 135 Å². The molecule has 1 heteroatoms. The molecule has 0 radical (unpaired) electrons. The molecule has 0 bridgehead atoms. The fraction of sp³-hybridized carbons (Fsp3) is 1.00. The van der Waals surface area contributed by atoms with Crippen LogP contribution in [-0.4, -0.2) is 24.0 Å². The highest BCUT2D eigenvalue weighted by Crippen LogP contribution is 2.42. The van der Waals surface area contributed by atoms with Crippen LogP contribution in [-0.2, 0) is 0 Å². The van der Waals surface area contributed by atoms with Crippen LogP contribution in [0.5, 0.6) is 0 Å². The van der Waals surface area contributed by atoms with Gasteiger partial charge in [0.05, 0.1) is 0 Å². The van der Waals surface area contributed by atoms with Crippen LogP contribution in [0.2, 0.25) is 0 Å². The summed E-state index contributed by atoms with van der Waals surface area (Å²) in [7, 11) is 0. The zero-order valence-corrected chi connectivity index (χ0v) is 19.5. The SMILES string of the molecule is CCCCCC1CCN([C@H]2CC[C@H]([C@H]3CC[C@H](CCCCC)CC3)CC2)CC1. The van der Waals surface area contributed by atoms with Gasteiger partial charge in [-0.2, -0.15) is 0 Å². The van der Waals surface area contributed by atoms with Gasteiger partial charge in [0, 0.05) is 6.04 Å². The lowest BCUT2D eigenvalue weighted by atomic mass is 9.69. The lowest BCUT2D eigenvalue weighted by molar-refractivity contribution is 0.0717. The molecule has 0 unspecified atom stereocenters. The first-order valence-electron chi connectivity index (χ1n) is 13.5. The van der Waals surface area contributed by atoms with Crippen LogP contribution in [0.3, 0.4) is 0 Å². The van der Waals surface area contributed by atoms with E-state index in [4.69, 9.17) is 0 Å². The highest BCUT2D eigenvalue weighted by molar-refractivity contribution is 4.87. The summed E-state index contributed by atoms with van der Waals surface area (Å²) < 4.78 is 0. The van der Waals surface area contributed by atoms with Gasteiger partial charge in [0.25, 0.3) is 0 Å². The maximum Gasteiger partial charge on any atom is 0.00954 e. The molecule has 2 aliphatic carbocycles. The molecule has 3 aliphatic rings. The largest absolute Gasteiger partial charge is 0.300 e. The molecule has 1 saturated heterocycles. The van der Waals surface area contributed by atoms with E-state index in [1.165, 1.54) is 90.1 Å². The highest BCUT2D eigenvalue weighted by atomic mass is 15.2. The van der Waals surface area contributed by atoms with Gasteiger partial charge in [0.15, 0.2) is 0 Å². The van der Waals surface area contributed by atoms with Crippen molar-refractivity contribution in [3.63, 3.8) is 0 Å². The van der Waals surface area contributed by atoms with Crippen LogP contribution in [0, 0.1) is 23.7 Å². The zero-order valence-electron chi connectivity index (χ0n) is 19.5. The minimum absolute atomic E-state index is 0.943. The van der Waals surface area contributed by atoms with Gasteiger partial charge in [-0.1, -0.05) is 78.1 Å². The molecule has 0 N–H and O–H groups in total. The van der Waals surface area contributed by atoms with E-state index >= 15 is 0 Å². The summed E-state index contributed by atoms with van der Waals surface area (Å²) in [5.41, 5.74) is 0. The standard InChI is InChI=1S/C27H51N/c1-3-5-7-9-23-11-13-25(14-12-23)26-15-17-27(18-16-26)28-21-19-24(20-22-28)10-8-6-4-2/h23-27H,3-22H2,1-2H3/t23-,25-,26-,27-. The van der Waals surface area contributed by atoms with Gasteiger partial charge in [0.2, 0.25) is 0 Å². The number of unbranched alkanes of at least 4 members (excludes halogenated alkanes) is 4. The summed E-state index contributed by atoms with van der Waals surface area (Å²) in [4.78, 5) is 2.90. The summed E-state index contributed by atoms with van der Waals surface area (Å²) in [6, 6.07) is 0.943. The van der Waals surface area contributed by atoms with Gasteiger partial charge < -0.3 is 4.90 Å². The fourth-order valence-electron chi connectivity index (χ4n) is 6.86. The Labute approximate surface area is 177 Å². The lowest BCUT2D eigenvalue weighted by Crippen LogP contribution is -2.43. The van der Waals surface area contributed by atoms with E-state index in [9.17, 15) is 0 Å². The Balaban J connectivity index is 1.29. The number of hydrogen-bond donors (Lipinski definition) is 0. The second-order valence-electron chi connectivity index (χ2n) is 10.8. The Hall–Kier alpha value is -0.0400. The summed E-state index contributed by atoms with van der Waals surface area (Å²) in [6.07, 6.45) is 27.0. The Kier molecular flexibility index (Phi) is 10.2. The minimum Gasteiger partial charge on any atom is -0.300 e. The monoisotopic (exact) mass is 389 g/mol. The van der Waals surface area contributed by atoms with Gasteiger partial charge in [-0.05, 0) is 88.1 Å². The highest BCUT2D eigenvalue weighted by Gasteiger charge is 2.33. The molecule has 3 fully saturated rings. The first-order chi connectivity index (χ1) is 13.8. The van der Waals surface area contributed by atoms with Crippen LogP contribution in [0.1, 0.15) is 129 Å². The molecule has 2 saturated carbocycles. The Morgan fingerprint density at radius 2 is 1.00 bits per heavy atom. The van der Waals surface area contributed by atoms with Gasteiger partial charge in [-0.25, -0.2) is 0 Å².